The predicted octanol–water partition coefficient (Wildman–Crippen LogP) is 3.23. The first-order valence-electron chi connectivity index (χ1n) is 11.1. The number of piperazine rings is 1. The lowest BCUT2D eigenvalue weighted by Crippen LogP contribution is -2.60. The summed E-state index contributed by atoms with van der Waals surface area (Å²) in [6.45, 7) is 5.84. The zero-order valence-electron chi connectivity index (χ0n) is 16.8. The molecule has 5 fully saturated rings. The van der Waals surface area contributed by atoms with Crippen LogP contribution in [0.3, 0.4) is 0 Å². The fourth-order valence-corrected chi connectivity index (χ4v) is 7.26. The van der Waals surface area contributed by atoms with Crippen LogP contribution in [0.5, 0.6) is 0 Å². The monoisotopic (exact) mass is 378 g/mol. The Bertz CT molecular complexity index is 882. The molecule has 148 valence electrons. The molecule has 0 unspecified atom stereocenters. The van der Waals surface area contributed by atoms with Gasteiger partial charge in [-0.2, -0.15) is 5.10 Å². The summed E-state index contributed by atoms with van der Waals surface area (Å²) in [6.07, 6.45) is 11.1. The van der Waals surface area contributed by atoms with E-state index in [1.165, 1.54) is 32.1 Å². The largest absolute Gasteiger partial charge is 0.336 e. The number of aryl methyl sites for hydroxylation is 1. The molecular formula is C23H30N4O. The molecule has 4 bridgehead atoms. The molecule has 4 aliphatic carbocycles. The van der Waals surface area contributed by atoms with Gasteiger partial charge in [-0.05, 0) is 74.3 Å². The minimum Gasteiger partial charge on any atom is -0.336 e. The third-order valence-electron chi connectivity index (χ3n) is 8.17. The third-order valence-corrected chi connectivity index (χ3v) is 8.17. The van der Waals surface area contributed by atoms with Crippen LogP contribution >= 0.6 is 0 Å². The molecule has 5 aliphatic rings. The van der Waals surface area contributed by atoms with E-state index in [4.69, 9.17) is 0 Å². The molecule has 0 radical (unpaired) electrons. The lowest BCUT2D eigenvalue weighted by Gasteiger charge is -2.58. The van der Waals surface area contributed by atoms with E-state index in [1.807, 2.05) is 16.8 Å². The molecule has 1 saturated heterocycles. The summed E-state index contributed by atoms with van der Waals surface area (Å²) in [6, 6.07) is 4.83. The van der Waals surface area contributed by atoms with Crippen LogP contribution in [-0.4, -0.2) is 57.5 Å². The van der Waals surface area contributed by atoms with Crippen molar-refractivity contribution in [3.63, 3.8) is 0 Å². The van der Waals surface area contributed by atoms with E-state index in [0.717, 1.165) is 72.5 Å². The van der Waals surface area contributed by atoms with Crippen molar-refractivity contribution in [2.24, 2.45) is 23.7 Å². The van der Waals surface area contributed by atoms with Crippen molar-refractivity contribution in [1.29, 1.82) is 0 Å². The third kappa shape index (κ3) is 2.55. The smallest absolute Gasteiger partial charge is 0.257 e. The first-order chi connectivity index (χ1) is 13.7. The molecule has 2 aromatic heterocycles. The van der Waals surface area contributed by atoms with Gasteiger partial charge in [-0.15, -0.1) is 0 Å². The predicted molar refractivity (Wildman–Crippen MR) is 108 cm³/mol. The Kier molecular flexibility index (Phi) is 3.84. The summed E-state index contributed by atoms with van der Waals surface area (Å²) in [4.78, 5) is 18.0. The summed E-state index contributed by atoms with van der Waals surface area (Å²) < 4.78 is 1.83. The first kappa shape index (κ1) is 17.0. The van der Waals surface area contributed by atoms with Gasteiger partial charge in [-0.1, -0.05) is 6.07 Å². The topological polar surface area (TPSA) is 40.9 Å². The fraction of sp³-hybridized carbons (Fsp3) is 0.652. The van der Waals surface area contributed by atoms with E-state index in [-0.39, 0.29) is 5.91 Å². The quantitative estimate of drug-likeness (QED) is 0.806. The highest BCUT2D eigenvalue weighted by Crippen LogP contribution is 2.55. The zero-order valence-corrected chi connectivity index (χ0v) is 16.8. The van der Waals surface area contributed by atoms with Gasteiger partial charge >= 0.3 is 0 Å². The lowest BCUT2D eigenvalue weighted by molar-refractivity contribution is -0.0743. The van der Waals surface area contributed by atoms with Crippen LogP contribution in [0.1, 0.15) is 48.0 Å². The van der Waals surface area contributed by atoms with E-state index < -0.39 is 0 Å². The van der Waals surface area contributed by atoms with Crippen LogP contribution in [-0.2, 0) is 0 Å². The number of rotatable bonds is 2. The standard InChI is InChI=1S/C23H30N4O/c1-15-3-2-4-27-21(15)20(14-24-27)23(28)26-7-5-25(6-8-26)22-18-10-16-9-17(12-18)13-19(22)11-16/h2-4,14,16-19,22H,5-13H2,1H3. The zero-order chi connectivity index (χ0) is 18.8. The van der Waals surface area contributed by atoms with Gasteiger partial charge in [0.15, 0.2) is 0 Å². The SMILES string of the molecule is Cc1cccn2ncc(C(=O)N3CCN(C4C5CC6CC(C5)CC4C6)CC3)c12. The summed E-state index contributed by atoms with van der Waals surface area (Å²) in [7, 11) is 0. The molecule has 0 N–H and O–H groups in total. The normalized spacial score (nSPS) is 35.0. The Morgan fingerprint density at radius 1 is 1.00 bits per heavy atom. The molecule has 28 heavy (non-hydrogen) atoms. The van der Waals surface area contributed by atoms with Crippen LogP contribution in [0, 0.1) is 30.6 Å². The van der Waals surface area contributed by atoms with Crippen LogP contribution in [0.4, 0.5) is 0 Å². The van der Waals surface area contributed by atoms with Crippen LogP contribution in [0.15, 0.2) is 24.5 Å². The Labute approximate surface area is 166 Å². The average Bonchev–Trinajstić information content (AvgIpc) is 3.13. The highest BCUT2D eigenvalue weighted by Gasteiger charge is 2.50. The Morgan fingerprint density at radius 2 is 1.68 bits per heavy atom. The van der Waals surface area contributed by atoms with Crippen molar-refractivity contribution >= 4 is 11.4 Å². The first-order valence-corrected chi connectivity index (χ1v) is 11.1. The second kappa shape index (κ2) is 6.31. The van der Waals surface area contributed by atoms with Gasteiger partial charge < -0.3 is 4.90 Å². The number of fused-ring (bicyclic) bond motifs is 1. The molecule has 4 saturated carbocycles. The summed E-state index contributed by atoms with van der Waals surface area (Å²) >= 11 is 0. The minimum absolute atomic E-state index is 0.147. The van der Waals surface area contributed by atoms with E-state index in [2.05, 4.69) is 27.9 Å². The van der Waals surface area contributed by atoms with E-state index in [0.29, 0.717) is 0 Å². The van der Waals surface area contributed by atoms with Crippen molar-refractivity contribution in [3.8, 4) is 0 Å². The molecule has 1 aliphatic heterocycles. The van der Waals surface area contributed by atoms with E-state index >= 15 is 0 Å². The molecule has 7 rings (SSSR count). The van der Waals surface area contributed by atoms with Crippen molar-refractivity contribution in [1.82, 2.24) is 19.4 Å². The van der Waals surface area contributed by atoms with Crippen molar-refractivity contribution in [2.45, 2.75) is 45.1 Å². The number of nitrogens with zero attached hydrogens (tertiary/aromatic N) is 4. The van der Waals surface area contributed by atoms with Gasteiger partial charge in [0.05, 0.1) is 17.3 Å². The molecule has 0 atom stereocenters. The van der Waals surface area contributed by atoms with Gasteiger partial charge in [-0.25, -0.2) is 4.52 Å². The van der Waals surface area contributed by atoms with Gasteiger partial charge in [0.2, 0.25) is 0 Å². The van der Waals surface area contributed by atoms with Gasteiger partial charge in [-0.3, -0.25) is 9.69 Å². The van der Waals surface area contributed by atoms with Gasteiger partial charge in [0, 0.05) is 38.4 Å². The van der Waals surface area contributed by atoms with E-state index in [1.54, 1.807) is 6.20 Å². The van der Waals surface area contributed by atoms with Crippen molar-refractivity contribution in [3.05, 3.63) is 35.7 Å². The molecule has 3 heterocycles. The second-order valence-electron chi connectivity index (χ2n) is 9.79. The number of pyridine rings is 1. The van der Waals surface area contributed by atoms with Crippen LogP contribution in [0.2, 0.25) is 0 Å². The number of carbonyl (C=O) groups is 1. The number of aromatic nitrogens is 2. The molecule has 5 nitrogen and oxygen atoms in total. The Hall–Kier alpha value is -1.88. The molecule has 0 aromatic carbocycles. The molecule has 2 aromatic rings. The summed E-state index contributed by atoms with van der Waals surface area (Å²) in [5.41, 5.74) is 2.81. The van der Waals surface area contributed by atoms with Gasteiger partial charge in [0.1, 0.15) is 0 Å². The average molecular weight is 379 g/mol. The Balaban J connectivity index is 1.17. The second-order valence-corrected chi connectivity index (χ2v) is 9.79. The number of hydrogen-bond donors (Lipinski definition) is 0. The fourth-order valence-electron chi connectivity index (χ4n) is 7.26. The maximum absolute atomic E-state index is 13.2. The highest BCUT2D eigenvalue weighted by molar-refractivity contribution is 6.01. The molecule has 0 spiro atoms. The molecule has 1 amide bonds. The number of carbonyl (C=O) groups excluding carboxylic acids is 1. The van der Waals surface area contributed by atoms with E-state index in [9.17, 15) is 4.79 Å². The van der Waals surface area contributed by atoms with Crippen molar-refractivity contribution < 1.29 is 4.79 Å². The van der Waals surface area contributed by atoms with Crippen LogP contribution in [0.25, 0.3) is 5.52 Å². The minimum atomic E-state index is 0.147. The highest BCUT2D eigenvalue weighted by atomic mass is 16.2. The van der Waals surface area contributed by atoms with Crippen LogP contribution < -0.4 is 0 Å². The van der Waals surface area contributed by atoms with Crippen molar-refractivity contribution in [2.75, 3.05) is 26.2 Å². The lowest BCUT2D eigenvalue weighted by atomic mass is 9.54. The maximum Gasteiger partial charge on any atom is 0.257 e. The summed E-state index contributed by atoms with van der Waals surface area (Å²) in [5.74, 6) is 4.07. The molecule has 5 heteroatoms. The Morgan fingerprint density at radius 3 is 2.36 bits per heavy atom. The molecular weight excluding hydrogens is 348 g/mol. The number of amides is 1. The maximum atomic E-state index is 13.2. The number of hydrogen-bond acceptors (Lipinski definition) is 3. The summed E-state index contributed by atoms with van der Waals surface area (Å²) in [5, 5.41) is 4.39. The van der Waals surface area contributed by atoms with Gasteiger partial charge in [0.25, 0.3) is 5.91 Å².